The molecule has 1 heterocycles. The number of nitrogens with one attached hydrogen (secondary N) is 1. The molecule has 0 saturated heterocycles. The molecule has 0 radical (unpaired) electrons. The Bertz CT molecular complexity index is 1050. The number of halogens is 2. The molecule has 27 heavy (non-hydrogen) atoms. The van der Waals surface area contributed by atoms with Crippen LogP contribution >= 0.6 is 38.9 Å². The molecule has 1 N–H and O–H groups in total. The van der Waals surface area contributed by atoms with Crippen molar-refractivity contribution in [3.8, 4) is 17.3 Å². The zero-order valence-corrected chi connectivity index (χ0v) is 17.3. The molecule has 0 saturated carbocycles. The summed E-state index contributed by atoms with van der Waals surface area (Å²) in [6, 6.07) is 16.6. The van der Waals surface area contributed by atoms with Gasteiger partial charge in [-0.05, 0) is 42.8 Å². The van der Waals surface area contributed by atoms with Gasteiger partial charge in [0.1, 0.15) is 11.6 Å². The molecule has 0 spiro atoms. The largest absolute Gasteiger partial charge is 0.297 e. The van der Waals surface area contributed by atoms with Crippen molar-refractivity contribution >= 4 is 56.0 Å². The van der Waals surface area contributed by atoms with E-state index in [2.05, 4.69) is 26.2 Å². The number of anilines is 1. The van der Waals surface area contributed by atoms with Crippen LogP contribution in [0.4, 0.5) is 5.13 Å². The molecule has 4 nitrogen and oxygen atoms in total. The molecular weight excluding hydrogens is 446 g/mol. The SMILES string of the molecule is Cc1sc(NC(=O)/C(C#N)=C/c2ccc(Cl)cc2)nc1-c1ccc(Br)cc1. The molecular formula is C20H13BrClN3OS. The second-order valence-electron chi connectivity index (χ2n) is 5.61. The molecule has 1 amide bonds. The molecule has 1 aromatic heterocycles. The predicted octanol–water partition coefficient (Wildman–Crippen LogP) is 6.08. The fourth-order valence-electron chi connectivity index (χ4n) is 2.36. The fraction of sp³-hybridized carbons (Fsp3) is 0.0500. The van der Waals surface area contributed by atoms with E-state index in [-0.39, 0.29) is 5.57 Å². The number of aryl methyl sites for hydroxylation is 1. The fourth-order valence-corrected chi connectivity index (χ4v) is 3.59. The number of rotatable bonds is 4. The first-order valence-corrected chi connectivity index (χ1v) is 9.87. The molecule has 0 bridgehead atoms. The van der Waals surface area contributed by atoms with Gasteiger partial charge in [-0.3, -0.25) is 10.1 Å². The summed E-state index contributed by atoms with van der Waals surface area (Å²) in [4.78, 5) is 17.9. The molecule has 134 valence electrons. The molecule has 0 unspecified atom stereocenters. The van der Waals surface area contributed by atoms with Gasteiger partial charge in [0.2, 0.25) is 0 Å². The lowest BCUT2D eigenvalue weighted by molar-refractivity contribution is -0.112. The highest BCUT2D eigenvalue weighted by Gasteiger charge is 2.15. The minimum absolute atomic E-state index is 0.00429. The van der Waals surface area contributed by atoms with Gasteiger partial charge in [-0.15, -0.1) is 11.3 Å². The van der Waals surface area contributed by atoms with Gasteiger partial charge in [0.15, 0.2) is 5.13 Å². The van der Waals surface area contributed by atoms with Crippen molar-refractivity contribution in [2.75, 3.05) is 5.32 Å². The maximum absolute atomic E-state index is 12.4. The summed E-state index contributed by atoms with van der Waals surface area (Å²) in [5, 5.41) is 13.1. The van der Waals surface area contributed by atoms with E-state index in [1.807, 2.05) is 37.3 Å². The molecule has 0 aliphatic heterocycles. The second kappa shape index (κ2) is 8.49. The van der Waals surface area contributed by atoms with E-state index in [0.29, 0.717) is 10.2 Å². The lowest BCUT2D eigenvalue weighted by Gasteiger charge is -2.01. The summed E-state index contributed by atoms with van der Waals surface area (Å²) < 4.78 is 0.985. The van der Waals surface area contributed by atoms with Crippen LogP contribution in [0, 0.1) is 18.3 Å². The Hall–Kier alpha value is -2.46. The van der Waals surface area contributed by atoms with Crippen LogP contribution in [0.2, 0.25) is 5.02 Å². The number of nitrogens with zero attached hydrogens (tertiary/aromatic N) is 2. The van der Waals surface area contributed by atoms with Crippen LogP contribution in [0.1, 0.15) is 10.4 Å². The summed E-state index contributed by atoms with van der Waals surface area (Å²) in [5.74, 6) is -0.497. The first-order chi connectivity index (χ1) is 13.0. The summed E-state index contributed by atoms with van der Waals surface area (Å²) in [5.41, 5.74) is 2.49. The van der Waals surface area contributed by atoms with Crippen molar-refractivity contribution in [1.29, 1.82) is 5.26 Å². The van der Waals surface area contributed by atoms with Crippen LogP contribution < -0.4 is 5.32 Å². The number of aromatic nitrogens is 1. The van der Waals surface area contributed by atoms with Crippen LogP contribution in [-0.4, -0.2) is 10.9 Å². The summed E-state index contributed by atoms with van der Waals surface area (Å²) >= 11 is 10.6. The number of benzene rings is 2. The van der Waals surface area contributed by atoms with Gasteiger partial charge >= 0.3 is 0 Å². The highest BCUT2D eigenvalue weighted by atomic mass is 79.9. The first-order valence-electron chi connectivity index (χ1n) is 7.88. The van der Waals surface area contributed by atoms with Gasteiger partial charge in [-0.2, -0.15) is 5.26 Å². The zero-order valence-electron chi connectivity index (χ0n) is 14.2. The minimum atomic E-state index is -0.497. The van der Waals surface area contributed by atoms with Crippen molar-refractivity contribution in [3.63, 3.8) is 0 Å². The van der Waals surface area contributed by atoms with Crippen LogP contribution in [-0.2, 0) is 4.79 Å². The number of carbonyl (C=O) groups excluding carboxylic acids is 1. The molecule has 0 aliphatic carbocycles. The van der Waals surface area contributed by atoms with Gasteiger partial charge in [0.25, 0.3) is 5.91 Å². The van der Waals surface area contributed by atoms with Crippen LogP contribution in [0.25, 0.3) is 17.3 Å². The maximum atomic E-state index is 12.4. The Kier molecular flexibility index (Phi) is 6.07. The van der Waals surface area contributed by atoms with Crippen LogP contribution in [0.5, 0.6) is 0 Å². The van der Waals surface area contributed by atoms with Gasteiger partial charge in [-0.25, -0.2) is 4.98 Å². The third-order valence-corrected chi connectivity index (χ3v) is 5.35. The summed E-state index contributed by atoms with van der Waals surface area (Å²) in [6.45, 7) is 1.94. The number of hydrogen-bond donors (Lipinski definition) is 1. The molecule has 3 rings (SSSR count). The molecule has 0 atom stereocenters. The molecule has 0 fully saturated rings. The number of carbonyl (C=O) groups is 1. The normalized spacial score (nSPS) is 11.1. The molecule has 3 aromatic rings. The lowest BCUT2D eigenvalue weighted by atomic mass is 10.1. The third-order valence-electron chi connectivity index (χ3n) is 3.68. The van der Waals surface area contributed by atoms with Gasteiger partial charge in [0.05, 0.1) is 5.69 Å². The van der Waals surface area contributed by atoms with Crippen molar-refractivity contribution < 1.29 is 4.79 Å². The highest BCUT2D eigenvalue weighted by Crippen LogP contribution is 2.31. The number of hydrogen-bond acceptors (Lipinski definition) is 4. The Morgan fingerprint density at radius 2 is 1.89 bits per heavy atom. The molecule has 7 heteroatoms. The van der Waals surface area contributed by atoms with Gasteiger partial charge < -0.3 is 0 Å². The van der Waals surface area contributed by atoms with E-state index >= 15 is 0 Å². The first kappa shape index (κ1) is 19.3. The van der Waals surface area contributed by atoms with E-state index < -0.39 is 5.91 Å². The molecule has 0 aliphatic rings. The van der Waals surface area contributed by atoms with E-state index in [1.54, 1.807) is 24.3 Å². The lowest BCUT2D eigenvalue weighted by Crippen LogP contribution is -2.13. The Morgan fingerprint density at radius 1 is 1.22 bits per heavy atom. The van der Waals surface area contributed by atoms with Crippen LogP contribution in [0.15, 0.2) is 58.6 Å². The average molecular weight is 459 g/mol. The topological polar surface area (TPSA) is 65.8 Å². The number of amides is 1. The third kappa shape index (κ3) is 4.83. The second-order valence-corrected chi connectivity index (χ2v) is 8.16. The van der Waals surface area contributed by atoms with Crippen LogP contribution in [0.3, 0.4) is 0 Å². The van der Waals surface area contributed by atoms with Gasteiger partial charge in [-0.1, -0.05) is 51.8 Å². The quantitative estimate of drug-likeness (QED) is 0.380. The smallest absolute Gasteiger partial charge is 0.268 e. The van der Waals surface area contributed by atoms with Crippen molar-refractivity contribution in [2.45, 2.75) is 6.92 Å². The Morgan fingerprint density at radius 3 is 2.52 bits per heavy atom. The average Bonchev–Trinajstić information content (AvgIpc) is 3.02. The van der Waals surface area contributed by atoms with E-state index in [9.17, 15) is 10.1 Å². The summed E-state index contributed by atoms with van der Waals surface area (Å²) in [7, 11) is 0. The van der Waals surface area contributed by atoms with Crippen molar-refractivity contribution in [2.24, 2.45) is 0 Å². The molecule has 2 aromatic carbocycles. The highest BCUT2D eigenvalue weighted by molar-refractivity contribution is 9.10. The Balaban J connectivity index is 1.81. The summed E-state index contributed by atoms with van der Waals surface area (Å²) in [6.07, 6.45) is 1.52. The van der Waals surface area contributed by atoms with E-state index in [4.69, 9.17) is 11.6 Å². The van der Waals surface area contributed by atoms with Gasteiger partial charge in [0, 0.05) is 19.9 Å². The van der Waals surface area contributed by atoms with Crippen molar-refractivity contribution in [1.82, 2.24) is 4.98 Å². The zero-order chi connectivity index (χ0) is 19.4. The number of nitriles is 1. The number of thiazole rings is 1. The van der Waals surface area contributed by atoms with E-state index in [1.165, 1.54) is 17.4 Å². The maximum Gasteiger partial charge on any atom is 0.268 e. The standard InChI is InChI=1S/C20H13BrClN3OS/c1-12-18(14-4-6-16(21)7-5-14)24-20(27-12)25-19(26)15(11-23)10-13-2-8-17(22)9-3-13/h2-10H,1H3,(H,24,25,26)/b15-10+. The van der Waals surface area contributed by atoms with E-state index in [0.717, 1.165) is 26.2 Å². The van der Waals surface area contributed by atoms with Crippen molar-refractivity contribution in [3.05, 3.63) is 74.0 Å². The predicted molar refractivity (Wildman–Crippen MR) is 114 cm³/mol. The Labute approximate surface area is 174 Å². The monoisotopic (exact) mass is 457 g/mol. The minimum Gasteiger partial charge on any atom is -0.297 e.